The topological polar surface area (TPSA) is 109 Å². The van der Waals surface area contributed by atoms with Crippen LogP contribution in [0.5, 0.6) is 0 Å². The Labute approximate surface area is 183 Å². The maximum Gasteiger partial charge on any atom is 0.325 e. The van der Waals surface area contributed by atoms with Crippen LogP contribution in [0.15, 0.2) is 66.9 Å². The van der Waals surface area contributed by atoms with E-state index in [4.69, 9.17) is 0 Å². The molecule has 2 aromatic heterocycles. The van der Waals surface area contributed by atoms with Crippen molar-refractivity contribution in [3.05, 3.63) is 78.2 Å². The molecule has 1 saturated heterocycles. The first-order valence-electron chi connectivity index (χ1n) is 10.1. The molecule has 4 amide bonds. The molecule has 0 saturated carbocycles. The number of fused-ring (bicyclic) bond motifs is 2. The van der Waals surface area contributed by atoms with E-state index in [1.165, 1.54) is 0 Å². The average Bonchev–Trinajstić information content (AvgIpc) is 3.32. The van der Waals surface area contributed by atoms with Gasteiger partial charge in [-0.1, -0.05) is 42.5 Å². The number of benzene rings is 2. The number of urea groups is 1. The maximum absolute atomic E-state index is 13.2. The molecule has 1 unspecified atom stereocenters. The van der Waals surface area contributed by atoms with E-state index >= 15 is 0 Å². The molecule has 5 rings (SSSR count). The Kier molecular flexibility index (Phi) is 4.58. The molecule has 160 valence electrons. The van der Waals surface area contributed by atoms with Crippen LogP contribution in [0.25, 0.3) is 16.4 Å². The minimum Gasteiger partial charge on any atom is -0.347 e. The van der Waals surface area contributed by atoms with Crippen LogP contribution in [-0.4, -0.2) is 43.9 Å². The molecule has 9 nitrogen and oxygen atoms in total. The van der Waals surface area contributed by atoms with Crippen molar-refractivity contribution in [2.45, 2.75) is 19.0 Å². The molecular formula is C23H20N6O3. The van der Waals surface area contributed by atoms with Gasteiger partial charge in [0.2, 0.25) is 5.91 Å². The number of pyridine rings is 1. The quantitative estimate of drug-likeness (QED) is 0.473. The van der Waals surface area contributed by atoms with Crippen LogP contribution >= 0.6 is 0 Å². The minimum atomic E-state index is -1.25. The van der Waals surface area contributed by atoms with Gasteiger partial charge in [0.1, 0.15) is 12.1 Å². The Morgan fingerprint density at radius 3 is 2.66 bits per heavy atom. The molecule has 4 aromatic rings. The Hall–Kier alpha value is -4.27. The van der Waals surface area contributed by atoms with E-state index < -0.39 is 23.4 Å². The van der Waals surface area contributed by atoms with Crippen LogP contribution in [0, 0.1) is 0 Å². The van der Waals surface area contributed by atoms with Gasteiger partial charge in [-0.3, -0.25) is 18.9 Å². The highest BCUT2D eigenvalue weighted by molar-refractivity contribution is 6.09. The minimum absolute atomic E-state index is 0.121. The summed E-state index contributed by atoms with van der Waals surface area (Å²) in [6.07, 6.45) is 1.79. The lowest BCUT2D eigenvalue weighted by Gasteiger charge is -2.22. The summed E-state index contributed by atoms with van der Waals surface area (Å²) in [6, 6.07) is 18.3. The zero-order valence-electron chi connectivity index (χ0n) is 17.3. The van der Waals surface area contributed by atoms with E-state index in [1.807, 2.05) is 54.6 Å². The number of nitrogens with one attached hydrogen (secondary N) is 2. The molecule has 0 radical (unpaired) electrons. The van der Waals surface area contributed by atoms with Gasteiger partial charge in [0.15, 0.2) is 11.5 Å². The van der Waals surface area contributed by atoms with E-state index in [0.717, 1.165) is 15.7 Å². The van der Waals surface area contributed by atoms with Crippen molar-refractivity contribution in [3.63, 3.8) is 0 Å². The third kappa shape index (κ3) is 3.24. The van der Waals surface area contributed by atoms with Gasteiger partial charge in [-0.05, 0) is 41.5 Å². The molecule has 32 heavy (non-hydrogen) atoms. The van der Waals surface area contributed by atoms with Gasteiger partial charge in [0.05, 0.1) is 6.54 Å². The first-order valence-corrected chi connectivity index (χ1v) is 10.1. The second-order valence-electron chi connectivity index (χ2n) is 7.83. The largest absolute Gasteiger partial charge is 0.347 e. The molecule has 0 bridgehead atoms. The average molecular weight is 428 g/mol. The van der Waals surface area contributed by atoms with Crippen molar-refractivity contribution in [2.75, 3.05) is 6.54 Å². The zero-order chi connectivity index (χ0) is 22.3. The summed E-state index contributed by atoms with van der Waals surface area (Å²) in [6.45, 7) is 1.39. The number of amides is 4. The third-order valence-electron chi connectivity index (χ3n) is 5.73. The van der Waals surface area contributed by atoms with Gasteiger partial charge in [-0.2, -0.15) is 0 Å². The highest BCUT2D eigenvalue weighted by atomic mass is 16.2. The van der Waals surface area contributed by atoms with Crippen molar-refractivity contribution >= 4 is 34.3 Å². The highest BCUT2D eigenvalue weighted by Gasteiger charge is 2.49. The Balaban J connectivity index is 1.30. The summed E-state index contributed by atoms with van der Waals surface area (Å²) in [5, 5.41) is 15.5. The number of hydrogen-bond donors (Lipinski definition) is 2. The predicted octanol–water partition coefficient (Wildman–Crippen LogP) is 1.97. The van der Waals surface area contributed by atoms with Crippen LogP contribution in [0.1, 0.15) is 18.3 Å². The monoisotopic (exact) mass is 428 g/mol. The van der Waals surface area contributed by atoms with Gasteiger partial charge in [0, 0.05) is 6.20 Å². The zero-order valence-corrected chi connectivity index (χ0v) is 17.3. The highest BCUT2D eigenvalue weighted by Crippen LogP contribution is 2.30. The molecular weight excluding hydrogens is 408 g/mol. The summed E-state index contributed by atoms with van der Waals surface area (Å²) >= 11 is 0. The molecule has 0 aliphatic carbocycles. The predicted molar refractivity (Wildman–Crippen MR) is 116 cm³/mol. The number of rotatable bonds is 5. The van der Waals surface area contributed by atoms with Crippen LogP contribution in [-0.2, 0) is 21.7 Å². The molecule has 1 aliphatic rings. The number of hydrogen-bond acceptors (Lipinski definition) is 5. The van der Waals surface area contributed by atoms with Crippen LogP contribution < -0.4 is 10.6 Å². The van der Waals surface area contributed by atoms with Crippen molar-refractivity contribution in [1.82, 2.24) is 30.1 Å². The van der Waals surface area contributed by atoms with Gasteiger partial charge in [0.25, 0.3) is 5.91 Å². The standard InChI is InChI=1S/C23H20N6O3/c1-23(17-10-9-15-6-2-3-7-16(15)12-17)21(31)29(22(32)25-23)14-20(30)24-13-19-27-26-18-8-4-5-11-28(18)19/h2-12H,13-14H2,1H3,(H,24,30)(H,25,32). The summed E-state index contributed by atoms with van der Waals surface area (Å²) in [5.74, 6) is -0.392. The van der Waals surface area contributed by atoms with Crippen molar-refractivity contribution in [2.24, 2.45) is 0 Å². The van der Waals surface area contributed by atoms with Crippen molar-refractivity contribution < 1.29 is 14.4 Å². The second kappa shape index (κ2) is 7.45. The number of carbonyl (C=O) groups excluding carboxylic acids is 3. The first-order chi connectivity index (χ1) is 15.5. The van der Waals surface area contributed by atoms with Crippen LogP contribution in [0.2, 0.25) is 0 Å². The lowest BCUT2D eigenvalue weighted by molar-refractivity contribution is -0.134. The molecule has 3 heterocycles. The normalized spacial score (nSPS) is 18.3. The summed E-state index contributed by atoms with van der Waals surface area (Å²) in [7, 11) is 0. The Bertz CT molecular complexity index is 1380. The van der Waals surface area contributed by atoms with Gasteiger partial charge >= 0.3 is 6.03 Å². The van der Waals surface area contributed by atoms with Crippen LogP contribution in [0.3, 0.4) is 0 Å². The van der Waals surface area contributed by atoms with E-state index in [0.29, 0.717) is 17.0 Å². The lowest BCUT2D eigenvalue weighted by Crippen LogP contribution is -2.43. The molecule has 2 N–H and O–H groups in total. The van der Waals surface area contributed by atoms with Gasteiger partial charge < -0.3 is 10.6 Å². The molecule has 1 aliphatic heterocycles. The summed E-state index contributed by atoms with van der Waals surface area (Å²) in [5.41, 5.74) is 0.0781. The second-order valence-corrected chi connectivity index (χ2v) is 7.83. The Morgan fingerprint density at radius 1 is 1.03 bits per heavy atom. The molecule has 1 atom stereocenters. The smallest absolute Gasteiger partial charge is 0.325 e. The molecule has 0 spiro atoms. The first kappa shape index (κ1) is 19.7. The fourth-order valence-corrected chi connectivity index (χ4v) is 3.93. The molecule has 1 fully saturated rings. The summed E-state index contributed by atoms with van der Waals surface area (Å²) in [4.78, 5) is 39.2. The number of carbonyl (C=O) groups is 3. The summed E-state index contributed by atoms with van der Waals surface area (Å²) < 4.78 is 1.75. The van der Waals surface area contributed by atoms with Crippen molar-refractivity contribution in [3.8, 4) is 0 Å². The van der Waals surface area contributed by atoms with Crippen LogP contribution in [0.4, 0.5) is 4.79 Å². The maximum atomic E-state index is 13.2. The van der Waals surface area contributed by atoms with Crippen molar-refractivity contribution in [1.29, 1.82) is 0 Å². The lowest BCUT2D eigenvalue weighted by atomic mass is 9.90. The van der Waals surface area contributed by atoms with E-state index in [-0.39, 0.29) is 13.1 Å². The molecule has 9 heteroatoms. The number of imide groups is 1. The SMILES string of the molecule is CC1(c2ccc3ccccc3c2)NC(=O)N(CC(=O)NCc2nnc3ccccn23)C1=O. The van der Waals surface area contributed by atoms with E-state index in [2.05, 4.69) is 20.8 Å². The number of nitrogens with zero attached hydrogens (tertiary/aromatic N) is 4. The fraction of sp³-hybridized carbons (Fsp3) is 0.174. The van der Waals surface area contributed by atoms with E-state index in [1.54, 1.807) is 23.6 Å². The van der Waals surface area contributed by atoms with Gasteiger partial charge in [-0.15, -0.1) is 10.2 Å². The van der Waals surface area contributed by atoms with Gasteiger partial charge in [-0.25, -0.2) is 4.79 Å². The third-order valence-corrected chi connectivity index (χ3v) is 5.73. The van der Waals surface area contributed by atoms with E-state index in [9.17, 15) is 14.4 Å². The fourth-order valence-electron chi connectivity index (χ4n) is 3.93. The Morgan fingerprint density at radius 2 is 1.81 bits per heavy atom. The molecule has 2 aromatic carbocycles. The number of aromatic nitrogens is 3.